The zero-order chi connectivity index (χ0) is 19.9. The molecule has 2 N–H and O–H groups in total. The molecule has 1 saturated heterocycles. The molecule has 2 fully saturated rings. The van der Waals surface area contributed by atoms with Crippen molar-refractivity contribution >= 4 is 17.6 Å². The van der Waals surface area contributed by atoms with E-state index in [1.54, 1.807) is 19.0 Å². The minimum atomic E-state index is 0.0189. The number of rotatable bonds is 5. The van der Waals surface area contributed by atoms with Gasteiger partial charge < -0.3 is 20.4 Å². The molecule has 1 aliphatic heterocycles. The lowest BCUT2D eigenvalue weighted by atomic mass is 9.96. The van der Waals surface area contributed by atoms with Crippen LogP contribution >= 0.6 is 0 Å². The summed E-state index contributed by atoms with van der Waals surface area (Å²) in [7, 11) is 5.49. The summed E-state index contributed by atoms with van der Waals surface area (Å²) < 4.78 is 1.84. The monoisotopic (exact) mass is 389 g/mol. The maximum atomic E-state index is 12.0. The van der Waals surface area contributed by atoms with Crippen LogP contribution in [0.4, 0.5) is 5.69 Å². The number of nitrogens with zero attached hydrogens (tertiary/aromatic N) is 5. The first kappa shape index (κ1) is 20.5. The summed E-state index contributed by atoms with van der Waals surface area (Å²) in [4.78, 5) is 20.6. The maximum absolute atomic E-state index is 12.0. The van der Waals surface area contributed by atoms with Crippen LogP contribution in [0.15, 0.2) is 17.4 Å². The molecule has 1 aromatic rings. The molecule has 0 aromatic carbocycles. The average Bonchev–Trinajstić information content (AvgIpc) is 3.13. The number of aliphatic imine (C=N–C) groups is 1. The maximum Gasteiger partial charge on any atom is 0.243 e. The van der Waals surface area contributed by atoms with Gasteiger partial charge in [-0.25, -0.2) is 4.99 Å². The summed E-state index contributed by atoms with van der Waals surface area (Å²) in [6, 6.07) is 0.755. The summed E-state index contributed by atoms with van der Waals surface area (Å²) in [6.07, 6.45) is 12.4. The second kappa shape index (κ2) is 9.80. The van der Waals surface area contributed by atoms with Crippen LogP contribution < -0.4 is 15.5 Å². The Morgan fingerprint density at radius 2 is 1.89 bits per heavy atom. The average molecular weight is 390 g/mol. The van der Waals surface area contributed by atoms with E-state index in [9.17, 15) is 4.79 Å². The fraction of sp³-hybridized carbons (Fsp3) is 0.750. The smallest absolute Gasteiger partial charge is 0.243 e. The highest BCUT2D eigenvalue weighted by atomic mass is 16.2. The molecule has 2 aliphatic rings. The van der Waals surface area contributed by atoms with Crippen molar-refractivity contribution in [1.29, 1.82) is 0 Å². The molecule has 1 amide bonds. The van der Waals surface area contributed by atoms with Gasteiger partial charge in [-0.1, -0.05) is 19.3 Å². The zero-order valence-corrected chi connectivity index (χ0v) is 17.5. The molecule has 156 valence electrons. The van der Waals surface area contributed by atoms with E-state index in [-0.39, 0.29) is 12.5 Å². The second-order valence-electron chi connectivity index (χ2n) is 8.23. The van der Waals surface area contributed by atoms with Crippen LogP contribution in [-0.4, -0.2) is 72.4 Å². The van der Waals surface area contributed by atoms with Crippen molar-refractivity contribution in [3.63, 3.8) is 0 Å². The molecule has 2 heterocycles. The third kappa shape index (κ3) is 5.87. The number of piperidine rings is 1. The number of hydrogen-bond donors (Lipinski definition) is 2. The molecule has 1 atom stereocenters. The highest BCUT2D eigenvalue weighted by molar-refractivity contribution is 5.85. The number of amides is 1. The van der Waals surface area contributed by atoms with Gasteiger partial charge >= 0.3 is 0 Å². The van der Waals surface area contributed by atoms with E-state index in [1.807, 2.05) is 17.9 Å². The molecule has 28 heavy (non-hydrogen) atoms. The first-order chi connectivity index (χ1) is 13.5. The largest absolute Gasteiger partial charge is 0.367 e. The highest BCUT2D eigenvalue weighted by Crippen LogP contribution is 2.20. The Bertz CT molecular complexity index is 663. The van der Waals surface area contributed by atoms with E-state index in [0.717, 1.165) is 37.6 Å². The van der Waals surface area contributed by atoms with E-state index in [1.165, 1.54) is 32.1 Å². The van der Waals surface area contributed by atoms with Gasteiger partial charge in [0.2, 0.25) is 5.91 Å². The molecule has 0 spiro atoms. The van der Waals surface area contributed by atoms with Crippen LogP contribution in [0.3, 0.4) is 0 Å². The van der Waals surface area contributed by atoms with E-state index < -0.39 is 0 Å². The Morgan fingerprint density at radius 1 is 1.18 bits per heavy atom. The molecule has 0 radical (unpaired) electrons. The van der Waals surface area contributed by atoms with Gasteiger partial charge in [0.1, 0.15) is 6.54 Å². The van der Waals surface area contributed by atoms with E-state index in [4.69, 9.17) is 0 Å². The summed E-state index contributed by atoms with van der Waals surface area (Å²) in [5, 5.41) is 11.5. The van der Waals surface area contributed by atoms with Gasteiger partial charge in [0, 0.05) is 52.5 Å². The topological polar surface area (TPSA) is 77.8 Å². The standard InChI is InChI=1S/C20H35N7O/c1-25(2)19(28)13-21-20(23-16-8-5-4-6-9-16)24-17-10-7-11-27(14-17)18-12-22-26(3)15-18/h12,15-17H,4-11,13-14H2,1-3H3,(H2,21,23,24). The SMILES string of the molecule is CN(C)C(=O)CN=C(NC1CCCCC1)NC1CCCN(c2cnn(C)c2)C1. The molecule has 3 rings (SSSR count). The number of aryl methyl sites for hydroxylation is 1. The number of aromatic nitrogens is 2. The van der Waals surface area contributed by atoms with E-state index in [0.29, 0.717) is 12.1 Å². The summed E-state index contributed by atoms with van der Waals surface area (Å²) in [5.74, 6) is 0.797. The number of anilines is 1. The predicted molar refractivity (Wildman–Crippen MR) is 113 cm³/mol. The molecular weight excluding hydrogens is 354 g/mol. The summed E-state index contributed by atoms with van der Waals surface area (Å²) in [6.45, 7) is 2.14. The number of guanidine groups is 1. The third-order valence-corrected chi connectivity index (χ3v) is 5.64. The van der Waals surface area contributed by atoms with Gasteiger partial charge in [-0.3, -0.25) is 9.48 Å². The van der Waals surface area contributed by atoms with Crippen LogP contribution in [0.5, 0.6) is 0 Å². The number of carbonyl (C=O) groups is 1. The van der Waals surface area contributed by atoms with Gasteiger partial charge in [-0.05, 0) is 25.7 Å². The van der Waals surface area contributed by atoms with Crippen LogP contribution in [-0.2, 0) is 11.8 Å². The Balaban J connectivity index is 1.63. The molecular formula is C20H35N7O. The lowest BCUT2D eigenvalue weighted by Crippen LogP contribution is -2.53. The number of carbonyl (C=O) groups excluding carboxylic acids is 1. The Labute approximate surface area is 168 Å². The van der Waals surface area contributed by atoms with Crippen molar-refractivity contribution in [1.82, 2.24) is 25.3 Å². The molecule has 1 saturated carbocycles. The highest BCUT2D eigenvalue weighted by Gasteiger charge is 2.23. The molecule has 1 aliphatic carbocycles. The first-order valence-electron chi connectivity index (χ1n) is 10.5. The van der Waals surface area contributed by atoms with Gasteiger partial charge in [0.25, 0.3) is 0 Å². The first-order valence-corrected chi connectivity index (χ1v) is 10.5. The lowest BCUT2D eigenvalue weighted by Gasteiger charge is -2.35. The minimum absolute atomic E-state index is 0.0189. The summed E-state index contributed by atoms with van der Waals surface area (Å²) >= 11 is 0. The Morgan fingerprint density at radius 3 is 2.57 bits per heavy atom. The number of nitrogens with one attached hydrogen (secondary N) is 2. The van der Waals surface area contributed by atoms with Crippen molar-refractivity contribution in [2.24, 2.45) is 12.0 Å². The quantitative estimate of drug-likeness (QED) is 0.587. The third-order valence-electron chi connectivity index (χ3n) is 5.64. The van der Waals surface area contributed by atoms with Crippen molar-refractivity contribution in [3.8, 4) is 0 Å². The van der Waals surface area contributed by atoms with Crippen LogP contribution in [0, 0.1) is 0 Å². The van der Waals surface area contributed by atoms with Crippen molar-refractivity contribution in [3.05, 3.63) is 12.4 Å². The van der Waals surface area contributed by atoms with Gasteiger partial charge in [0.15, 0.2) is 5.96 Å². The Hall–Kier alpha value is -2.25. The fourth-order valence-corrected chi connectivity index (χ4v) is 3.96. The molecule has 8 nitrogen and oxygen atoms in total. The van der Waals surface area contributed by atoms with Crippen LogP contribution in [0.2, 0.25) is 0 Å². The summed E-state index contributed by atoms with van der Waals surface area (Å²) in [5.41, 5.74) is 1.16. The van der Waals surface area contributed by atoms with Gasteiger partial charge in [-0.15, -0.1) is 0 Å². The second-order valence-corrected chi connectivity index (χ2v) is 8.23. The van der Waals surface area contributed by atoms with Crippen LogP contribution in [0.25, 0.3) is 0 Å². The number of hydrogen-bond acceptors (Lipinski definition) is 4. The molecule has 1 unspecified atom stereocenters. The van der Waals surface area contributed by atoms with Crippen molar-refractivity contribution < 1.29 is 4.79 Å². The van der Waals surface area contributed by atoms with Gasteiger partial charge in [-0.2, -0.15) is 5.10 Å². The van der Waals surface area contributed by atoms with Crippen molar-refractivity contribution in [2.75, 3.05) is 38.6 Å². The molecule has 0 bridgehead atoms. The molecule has 1 aromatic heterocycles. The Kier molecular flexibility index (Phi) is 7.17. The van der Waals surface area contributed by atoms with E-state index >= 15 is 0 Å². The van der Waals surface area contributed by atoms with Gasteiger partial charge in [0.05, 0.1) is 11.9 Å². The van der Waals surface area contributed by atoms with Crippen LogP contribution in [0.1, 0.15) is 44.9 Å². The predicted octanol–water partition coefficient (Wildman–Crippen LogP) is 1.35. The van der Waals surface area contributed by atoms with E-state index in [2.05, 4.69) is 31.8 Å². The fourth-order valence-electron chi connectivity index (χ4n) is 3.96. The lowest BCUT2D eigenvalue weighted by molar-refractivity contribution is -0.127. The van der Waals surface area contributed by atoms with Crippen molar-refractivity contribution in [2.45, 2.75) is 57.0 Å². The number of likely N-dealkylation sites (N-methyl/N-ethyl adjacent to an activating group) is 1. The zero-order valence-electron chi connectivity index (χ0n) is 17.5. The minimum Gasteiger partial charge on any atom is -0.367 e. The molecule has 8 heteroatoms. The normalized spacial score (nSPS) is 21.5.